The third-order valence-corrected chi connectivity index (χ3v) is 7.21. The lowest BCUT2D eigenvalue weighted by molar-refractivity contribution is 0.451. The van der Waals surface area contributed by atoms with E-state index in [9.17, 15) is 0 Å². The molecule has 0 aliphatic carbocycles. The number of hydrogen-bond acceptors (Lipinski definition) is 3. The SMILES string of the molecule is CCCCCCCCCCCCCc1cnc(C)c(Oc2ccc(CCCCCCCCC)cc2)n1. The first-order valence-corrected chi connectivity index (χ1v) is 15.3. The van der Waals surface area contributed by atoms with E-state index < -0.39 is 0 Å². The molecule has 1 aromatic heterocycles. The number of benzene rings is 1. The van der Waals surface area contributed by atoms with Crippen LogP contribution in [0.3, 0.4) is 0 Å². The molecule has 0 atom stereocenters. The molecule has 36 heavy (non-hydrogen) atoms. The van der Waals surface area contributed by atoms with Gasteiger partial charge in [0, 0.05) is 6.20 Å². The molecule has 0 spiro atoms. The molecular formula is C33H54N2O. The van der Waals surface area contributed by atoms with E-state index in [-0.39, 0.29) is 0 Å². The molecule has 1 heterocycles. The van der Waals surface area contributed by atoms with E-state index in [1.165, 1.54) is 121 Å². The zero-order valence-electron chi connectivity index (χ0n) is 23.8. The zero-order chi connectivity index (χ0) is 25.7. The molecule has 0 fully saturated rings. The fraction of sp³-hybridized carbons (Fsp3) is 0.697. The van der Waals surface area contributed by atoms with E-state index in [0.717, 1.165) is 30.0 Å². The molecule has 0 aliphatic heterocycles. The topological polar surface area (TPSA) is 35.0 Å². The first-order valence-electron chi connectivity index (χ1n) is 15.3. The molecule has 202 valence electrons. The minimum Gasteiger partial charge on any atom is -0.437 e. The Balaban J connectivity index is 1.63. The average molecular weight is 495 g/mol. The summed E-state index contributed by atoms with van der Waals surface area (Å²) >= 11 is 0. The fourth-order valence-corrected chi connectivity index (χ4v) is 4.78. The van der Waals surface area contributed by atoms with Crippen LogP contribution >= 0.6 is 0 Å². The molecule has 3 heteroatoms. The predicted octanol–water partition coefficient (Wildman–Crippen LogP) is 10.7. The third kappa shape index (κ3) is 14.0. The number of unbranched alkanes of at least 4 members (excludes halogenated alkanes) is 16. The van der Waals surface area contributed by atoms with Crippen LogP contribution in [0, 0.1) is 6.92 Å². The maximum Gasteiger partial charge on any atom is 0.241 e. The Bertz CT molecular complexity index is 787. The second kappa shape index (κ2) is 20.2. The Morgan fingerprint density at radius 2 is 1.06 bits per heavy atom. The number of rotatable bonds is 22. The van der Waals surface area contributed by atoms with Crippen molar-refractivity contribution >= 4 is 0 Å². The summed E-state index contributed by atoms with van der Waals surface area (Å²) in [5.41, 5.74) is 3.29. The molecule has 0 amide bonds. The molecule has 1 aromatic carbocycles. The minimum absolute atomic E-state index is 0.649. The third-order valence-electron chi connectivity index (χ3n) is 7.21. The van der Waals surface area contributed by atoms with Crippen LogP contribution in [0.2, 0.25) is 0 Å². The number of aromatic nitrogens is 2. The van der Waals surface area contributed by atoms with Gasteiger partial charge in [0.25, 0.3) is 0 Å². The van der Waals surface area contributed by atoms with E-state index in [2.05, 4.69) is 43.1 Å². The Kier molecular flexibility index (Phi) is 17.0. The van der Waals surface area contributed by atoms with Crippen molar-refractivity contribution in [2.75, 3.05) is 0 Å². The van der Waals surface area contributed by atoms with Gasteiger partial charge in [0.05, 0.1) is 11.4 Å². The van der Waals surface area contributed by atoms with Crippen molar-refractivity contribution in [1.82, 2.24) is 9.97 Å². The van der Waals surface area contributed by atoms with Gasteiger partial charge in [0.2, 0.25) is 5.88 Å². The van der Waals surface area contributed by atoms with Crippen LogP contribution in [0.4, 0.5) is 0 Å². The lowest BCUT2D eigenvalue weighted by atomic mass is 10.0. The van der Waals surface area contributed by atoms with Crippen molar-refractivity contribution < 1.29 is 4.74 Å². The summed E-state index contributed by atoms with van der Waals surface area (Å²) in [5.74, 6) is 1.50. The van der Waals surface area contributed by atoms with Crippen LogP contribution in [0.15, 0.2) is 30.5 Å². The second-order valence-corrected chi connectivity index (χ2v) is 10.7. The van der Waals surface area contributed by atoms with Crippen LogP contribution in [0.5, 0.6) is 11.6 Å². The first-order chi connectivity index (χ1) is 17.7. The maximum atomic E-state index is 6.12. The first kappa shape index (κ1) is 30.3. The molecule has 0 N–H and O–H groups in total. The largest absolute Gasteiger partial charge is 0.437 e. The zero-order valence-corrected chi connectivity index (χ0v) is 23.8. The molecule has 0 saturated carbocycles. The number of nitrogens with zero attached hydrogens (tertiary/aromatic N) is 2. The average Bonchev–Trinajstić information content (AvgIpc) is 2.89. The van der Waals surface area contributed by atoms with Crippen molar-refractivity contribution in [3.05, 3.63) is 47.4 Å². The summed E-state index contributed by atoms with van der Waals surface area (Å²) in [6.45, 7) is 6.54. The summed E-state index contributed by atoms with van der Waals surface area (Å²) in [7, 11) is 0. The van der Waals surface area contributed by atoms with E-state index in [4.69, 9.17) is 9.72 Å². The molecule has 0 bridgehead atoms. The van der Waals surface area contributed by atoms with Gasteiger partial charge < -0.3 is 4.74 Å². The maximum absolute atomic E-state index is 6.12. The fourth-order valence-electron chi connectivity index (χ4n) is 4.78. The minimum atomic E-state index is 0.649. The van der Waals surface area contributed by atoms with Gasteiger partial charge in [0.15, 0.2) is 0 Å². The van der Waals surface area contributed by atoms with Crippen LogP contribution in [0.25, 0.3) is 0 Å². The lowest BCUT2D eigenvalue weighted by Gasteiger charge is -2.10. The van der Waals surface area contributed by atoms with Crippen LogP contribution in [-0.2, 0) is 12.8 Å². The Morgan fingerprint density at radius 1 is 0.583 bits per heavy atom. The Morgan fingerprint density at radius 3 is 1.58 bits per heavy atom. The molecule has 2 rings (SSSR count). The molecule has 3 nitrogen and oxygen atoms in total. The van der Waals surface area contributed by atoms with Gasteiger partial charge in [-0.05, 0) is 50.3 Å². The lowest BCUT2D eigenvalue weighted by Crippen LogP contribution is -1.99. The van der Waals surface area contributed by atoms with Gasteiger partial charge in [0.1, 0.15) is 5.75 Å². The summed E-state index contributed by atoms with van der Waals surface area (Å²) in [6.07, 6.45) is 28.5. The molecule has 2 aromatic rings. The van der Waals surface area contributed by atoms with E-state index in [1.54, 1.807) is 0 Å². The van der Waals surface area contributed by atoms with Crippen molar-refractivity contribution in [2.45, 2.75) is 149 Å². The normalized spacial score (nSPS) is 11.2. The monoisotopic (exact) mass is 494 g/mol. The van der Waals surface area contributed by atoms with Crippen molar-refractivity contribution in [1.29, 1.82) is 0 Å². The second-order valence-electron chi connectivity index (χ2n) is 10.7. The van der Waals surface area contributed by atoms with Crippen molar-refractivity contribution in [3.63, 3.8) is 0 Å². The molecular weight excluding hydrogens is 440 g/mol. The van der Waals surface area contributed by atoms with E-state index in [0.29, 0.717) is 5.88 Å². The standard InChI is InChI=1S/C33H54N2O/c1-4-6-8-10-12-13-14-15-17-19-21-23-31-28-34-29(3)33(35-31)36-32-26-24-30(25-27-32)22-20-18-16-11-9-7-5-2/h24-28H,4-23H2,1-3H3. The van der Waals surface area contributed by atoms with Crippen LogP contribution in [-0.4, -0.2) is 9.97 Å². The summed E-state index contributed by atoms with van der Waals surface area (Å²) < 4.78 is 6.12. The summed E-state index contributed by atoms with van der Waals surface area (Å²) in [4.78, 5) is 9.33. The number of aryl methyl sites for hydroxylation is 3. The Hall–Kier alpha value is -1.90. The van der Waals surface area contributed by atoms with Crippen LogP contribution < -0.4 is 4.74 Å². The number of ether oxygens (including phenoxy) is 1. The predicted molar refractivity (Wildman–Crippen MR) is 155 cm³/mol. The quantitative estimate of drug-likeness (QED) is 0.153. The van der Waals surface area contributed by atoms with Gasteiger partial charge >= 0.3 is 0 Å². The summed E-state index contributed by atoms with van der Waals surface area (Å²) in [6, 6.07) is 8.55. The van der Waals surface area contributed by atoms with Gasteiger partial charge in [-0.2, -0.15) is 0 Å². The smallest absolute Gasteiger partial charge is 0.241 e. The van der Waals surface area contributed by atoms with Crippen molar-refractivity contribution in [2.24, 2.45) is 0 Å². The highest BCUT2D eigenvalue weighted by Gasteiger charge is 2.07. The molecule has 0 saturated heterocycles. The highest BCUT2D eigenvalue weighted by molar-refractivity contribution is 5.32. The van der Waals surface area contributed by atoms with E-state index in [1.807, 2.05) is 13.1 Å². The van der Waals surface area contributed by atoms with Crippen molar-refractivity contribution in [3.8, 4) is 11.6 Å². The van der Waals surface area contributed by atoms with Gasteiger partial charge in [-0.25, -0.2) is 4.98 Å². The summed E-state index contributed by atoms with van der Waals surface area (Å²) in [5, 5.41) is 0. The van der Waals surface area contributed by atoms with Crippen LogP contribution in [0.1, 0.15) is 146 Å². The Labute approximate surface area is 222 Å². The molecule has 0 aliphatic rings. The molecule has 0 radical (unpaired) electrons. The molecule has 0 unspecified atom stereocenters. The van der Waals surface area contributed by atoms with Gasteiger partial charge in [-0.3, -0.25) is 4.98 Å². The highest BCUT2D eigenvalue weighted by atomic mass is 16.5. The van der Waals surface area contributed by atoms with Gasteiger partial charge in [-0.15, -0.1) is 0 Å². The van der Waals surface area contributed by atoms with Gasteiger partial charge in [-0.1, -0.05) is 129 Å². The van der Waals surface area contributed by atoms with E-state index >= 15 is 0 Å². The highest BCUT2D eigenvalue weighted by Crippen LogP contribution is 2.23. The number of hydrogen-bond donors (Lipinski definition) is 0.